The fourth-order valence-corrected chi connectivity index (χ4v) is 9.98. The molecule has 0 bridgehead atoms. The van der Waals surface area contributed by atoms with Gasteiger partial charge < -0.3 is 0 Å². The van der Waals surface area contributed by atoms with Crippen LogP contribution in [0.2, 0.25) is 0 Å². The zero-order valence-corrected chi connectivity index (χ0v) is 34.1. The van der Waals surface area contributed by atoms with E-state index in [-0.39, 0.29) is 0 Å². The highest BCUT2D eigenvalue weighted by atomic mass is 15.0. The Hall–Kier alpha value is -8.52. The Labute approximate surface area is 366 Å². The number of aromatic nitrogens is 3. The van der Waals surface area contributed by atoms with Crippen molar-refractivity contribution in [2.75, 3.05) is 0 Å². The summed E-state index contributed by atoms with van der Waals surface area (Å²) in [6.07, 6.45) is 0. The lowest BCUT2D eigenvalue weighted by molar-refractivity contribution is 0.794. The van der Waals surface area contributed by atoms with E-state index in [4.69, 9.17) is 15.0 Å². The first kappa shape index (κ1) is 36.3. The van der Waals surface area contributed by atoms with Crippen LogP contribution in [-0.4, -0.2) is 15.0 Å². The maximum absolute atomic E-state index is 9.44. The second kappa shape index (κ2) is 14.6. The van der Waals surface area contributed by atoms with E-state index in [1.165, 1.54) is 61.2 Å². The van der Waals surface area contributed by atoms with Gasteiger partial charge in [0.05, 0.1) is 17.0 Å². The molecule has 4 heteroatoms. The highest BCUT2D eigenvalue weighted by Gasteiger charge is 2.51. The van der Waals surface area contributed by atoms with Crippen molar-refractivity contribution < 1.29 is 0 Å². The minimum absolute atomic E-state index is 0.450. The molecule has 0 N–H and O–H groups in total. The summed E-state index contributed by atoms with van der Waals surface area (Å²) in [5.74, 6) is 1.71. The third kappa shape index (κ3) is 5.79. The van der Waals surface area contributed by atoms with E-state index in [1.54, 1.807) is 12.1 Å². The molecule has 0 saturated heterocycles. The van der Waals surface area contributed by atoms with Crippen LogP contribution in [0.25, 0.3) is 89.8 Å². The van der Waals surface area contributed by atoms with Gasteiger partial charge in [-0.3, -0.25) is 0 Å². The van der Waals surface area contributed by atoms with E-state index in [9.17, 15) is 5.26 Å². The number of nitrogens with zero attached hydrogens (tertiary/aromatic N) is 4. The molecule has 9 aromatic carbocycles. The SMILES string of the molecule is N#Cc1ccc(-c2nc(-c3ccccc3)nc(-c3cccc(-c4cccc(-c5cc6c(cc5-c5ccccc5)-c5ccccc5C65c6ccccc6-c6ccccc65)c4)c3)n2)cc1. The Morgan fingerprint density at radius 2 is 0.698 bits per heavy atom. The van der Waals surface area contributed by atoms with Gasteiger partial charge in [-0.05, 0) is 126 Å². The van der Waals surface area contributed by atoms with Gasteiger partial charge in [0.1, 0.15) is 0 Å². The van der Waals surface area contributed by atoms with Crippen molar-refractivity contribution in [3.8, 4) is 95.9 Å². The lowest BCUT2D eigenvalue weighted by atomic mass is 9.70. The normalized spacial score (nSPS) is 12.6. The lowest BCUT2D eigenvalue weighted by Gasteiger charge is -2.31. The van der Waals surface area contributed by atoms with Gasteiger partial charge in [0, 0.05) is 16.7 Å². The third-order valence-electron chi connectivity index (χ3n) is 12.8. The van der Waals surface area contributed by atoms with E-state index in [1.807, 2.05) is 42.5 Å². The Balaban J connectivity index is 1.03. The molecule has 0 unspecified atom stereocenters. The Bertz CT molecular complexity index is 3410. The van der Waals surface area contributed by atoms with Gasteiger partial charge in [0.2, 0.25) is 0 Å². The largest absolute Gasteiger partial charge is 0.208 e. The zero-order chi connectivity index (χ0) is 41.9. The predicted molar refractivity (Wildman–Crippen MR) is 253 cm³/mol. The van der Waals surface area contributed by atoms with Gasteiger partial charge in [0.25, 0.3) is 0 Å². The molecule has 10 aromatic rings. The van der Waals surface area contributed by atoms with Crippen molar-refractivity contribution in [3.05, 3.63) is 246 Å². The first-order valence-electron chi connectivity index (χ1n) is 21.2. The Kier molecular flexibility index (Phi) is 8.42. The van der Waals surface area contributed by atoms with Gasteiger partial charge in [0.15, 0.2) is 17.5 Å². The molecule has 0 atom stereocenters. The maximum atomic E-state index is 9.44. The maximum Gasteiger partial charge on any atom is 0.164 e. The molecule has 2 aliphatic rings. The Morgan fingerprint density at radius 3 is 1.27 bits per heavy atom. The topological polar surface area (TPSA) is 62.5 Å². The highest BCUT2D eigenvalue weighted by molar-refractivity contribution is 5.99. The number of fused-ring (bicyclic) bond motifs is 10. The summed E-state index contributed by atoms with van der Waals surface area (Å²) in [6, 6.07) is 79.6. The summed E-state index contributed by atoms with van der Waals surface area (Å²) >= 11 is 0. The van der Waals surface area contributed by atoms with Crippen molar-refractivity contribution in [2.24, 2.45) is 0 Å². The van der Waals surface area contributed by atoms with Gasteiger partial charge in [-0.15, -0.1) is 0 Å². The molecule has 1 heterocycles. The third-order valence-corrected chi connectivity index (χ3v) is 12.8. The molecule has 4 nitrogen and oxygen atoms in total. The quantitative estimate of drug-likeness (QED) is 0.168. The molecule has 1 spiro atoms. The Morgan fingerprint density at radius 1 is 0.286 bits per heavy atom. The number of hydrogen-bond donors (Lipinski definition) is 0. The number of rotatable bonds is 6. The summed E-state index contributed by atoms with van der Waals surface area (Å²) < 4.78 is 0. The van der Waals surface area contributed by atoms with Crippen LogP contribution in [0, 0.1) is 11.3 Å². The van der Waals surface area contributed by atoms with Crippen molar-refractivity contribution in [1.82, 2.24) is 15.0 Å². The van der Waals surface area contributed by atoms with Crippen molar-refractivity contribution in [1.29, 1.82) is 5.26 Å². The molecule has 292 valence electrons. The molecule has 2 aliphatic carbocycles. The van der Waals surface area contributed by atoms with Crippen LogP contribution in [0.4, 0.5) is 0 Å². The van der Waals surface area contributed by atoms with E-state index >= 15 is 0 Å². The monoisotopic (exact) mass is 800 g/mol. The van der Waals surface area contributed by atoms with Crippen molar-refractivity contribution in [3.63, 3.8) is 0 Å². The molecule has 63 heavy (non-hydrogen) atoms. The smallest absolute Gasteiger partial charge is 0.164 e. The lowest BCUT2D eigenvalue weighted by Crippen LogP contribution is -2.25. The minimum atomic E-state index is -0.450. The standard InChI is InChI=1S/C59H36N4/c60-37-38-29-31-41(32-30-38)57-61-56(40-17-5-2-6-18-40)62-58(63-57)45-22-14-20-43(34-45)42-19-13-21-44(33-42)50-36-55-51(35-49(50)39-15-3-1-4-16-39)48-25-9-12-28-54(48)59(55)52-26-10-7-23-46(52)47-24-8-11-27-53(47)59/h1-36H. The van der Waals surface area contributed by atoms with Crippen molar-refractivity contribution >= 4 is 0 Å². The van der Waals surface area contributed by atoms with Crippen LogP contribution in [0.1, 0.15) is 27.8 Å². The second-order valence-corrected chi connectivity index (χ2v) is 16.2. The van der Waals surface area contributed by atoms with Crippen LogP contribution in [0.3, 0.4) is 0 Å². The van der Waals surface area contributed by atoms with Gasteiger partial charge in [-0.2, -0.15) is 5.26 Å². The predicted octanol–water partition coefficient (Wildman–Crippen LogP) is 14.1. The molecule has 1 aromatic heterocycles. The molecule has 0 saturated carbocycles. The van der Waals surface area contributed by atoms with Crippen LogP contribution in [0.15, 0.2) is 218 Å². The van der Waals surface area contributed by atoms with E-state index < -0.39 is 5.41 Å². The van der Waals surface area contributed by atoms with Crippen LogP contribution in [0.5, 0.6) is 0 Å². The molecule has 0 aliphatic heterocycles. The summed E-state index contributed by atoms with van der Waals surface area (Å²) in [5.41, 5.74) is 20.0. The van der Waals surface area contributed by atoms with Crippen LogP contribution in [-0.2, 0) is 5.41 Å². The summed E-state index contributed by atoms with van der Waals surface area (Å²) in [6.45, 7) is 0. The minimum Gasteiger partial charge on any atom is -0.208 e. The summed E-state index contributed by atoms with van der Waals surface area (Å²) in [4.78, 5) is 14.9. The highest BCUT2D eigenvalue weighted by Crippen LogP contribution is 2.63. The molecule has 0 amide bonds. The molecular formula is C59H36N4. The second-order valence-electron chi connectivity index (χ2n) is 16.2. The van der Waals surface area contributed by atoms with Gasteiger partial charge in [-0.25, -0.2) is 15.0 Å². The molecule has 12 rings (SSSR count). The summed E-state index contributed by atoms with van der Waals surface area (Å²) in [7, 11) is 0. The van der Waals surface area contributed by atoms with Gasteiger partial charge >= 0.3 is 0 Å². The van der Waals surface area contributed by atoms with E-state index in [0.717, 1.165) is 33.4 Å². The summed E-state index contributed by atoms with van der Waals surface area (Å²) in [5, 5.41) is 9.44. The van der Waals surface area contributed by atoms with Gasteiger partial charge in [-0.1, -0.05) is 170 Å². The zero-order valence-electron chi connectivity index (χ0n) is 34.1. The van der Waals surface area contributed by atoms with E-state index in [2.05, 4.69) is 170 Å². The average molecular weight is 801 g/mol. The first-order chi connectivity index (χ1) is 31.2. The molecular weight excluding hydrogens is 765 g/mol. The van der Waals surface area contributed by atoms with E-state index in [0.29, 0.717) is 23.0 Å². The van der Waals surface area contributed by atoms with Crippen LogP contribution >= 0.6 is 0 Å². The average Bonchev–Trinajstić information content (AvgIpc) is 3.83. The number of hydrogen-bond acceptors (Lipinski definition) is 4. The number of nitriles is 1. The molecule has 0 radical (unpaired) electrons. The fourth-order valence-electron chi connectivity index (χ4n) is 9.98. The first-order valence-corrected chi connectivity index (χ1v) is 21.2. The van der Waals surface area contributed by atoms with Crippen molar-refractivity contribution in [2.45, 2.75) is 5.41 Å². The van der Waals surface area contributed by atoms with Crippen LogP contribution < -0.4 is 0 Å². The molecule has 0 fully saturated rings. The fraction of sp³-hybridized carbons (Fsp3) is 0.0169. The number of benzene rings is 9.